The molecule has 0 saturated heterocycles. The highest BCUT2D eigenvalue weighted by Crippen LogP contribution is 2.35. The van der Waals surface area contributed by atoms with Gasteiger partial charge in [0, 0.05) is 14.6 Å². The van der Waals surface area contributed by atoms with Crippen LogP contribution in [-0.2, 0) is 12.8 Å². The molecule has 2 atom stereocenters. The standard InChI is InChI=1S/C12H17BrS/c1-2-10-6-7-11(14-10)8-9-4-3-5-12(9)13/h6-7,9,12H,2-5,8H2,1H3. The minimum absolute atomic E-state index is 0.773. The molecule has 1 saturated carbocycles. The lowest BCUT2D eigenvalue weighted by molar-refractivity contribution is 0.567. The van der Waals surface area contributed by atoms with Gasteiger partial charge >= 0.3 is 0 Å². The summed E-state index contributed by atoms with van der Waals surface area (Å²) in [6.07, 6.45) is 6.67. The van der Waals surface area contributed by atoms with Crippen LogP contribution in [0.1, 0.15) is 35.9 Å². The fourth-order valence-electron chi connectivity index (χ4n) is 2.20. The molecular weight excluding hydrogens is 256 g/mol. The maximum absolute atomic E-state index is 3.79. The van der Waals surface area contributed by atoms with Crippen molar-refractivity contribution >= 4 is 27.3 Å². The van der Waals surface area contributed by atoms with Crippen LogP contribution in [0.15, 0.2) is 12.1 Å². The Bertz CT molecular complexity index is 292. The van der Waals surface area contributed by atoms with E-state index in [1.54, 1.807) is 4.88 Å². The first-order valence-electron chi connectivity index (χ1n) is 5.51. The van der Waals surface area contributed by atoms with Gasteiger partial charge in [0.15, 0.2) is 0 Å². The molecule has 1 fully saturated rings. The Hall–Kier alpha value is 0.180. The summed E-state index contributed by atoms with van der Waals surface area (Å²) in [5.41, 5.74) is 0. The van der Waals surface area contributed by atoms with Gasteiger partial charge in [0.25, 0.3) is 0 Å². The summed E-state index contributed by atoms with van der Waals surface area (Å²) in [4.78, 5) is 3.89. The minimum atomic E-state index is 0.773. The van der Waals surface area contributed by atoms with Crippen LogP contribution in [-0.4, -0.2) is 4.83 Å². The van der Waals surface area contributed by atoms with E-state index in [1.807, 2.05) is 11.3 Å². The molecule has 1 heterocycles. The zero-order valence-corrected chi connectivity index (χ0v) is 11.0. The van der Waals surface area contributed by atoms with Crippen LogP contribution in [0.2, 0.25) is 0 Å². The quantitative estimate of drug-likeness (QED) is 0.715. The fourth-order valence-corrected chi connectivity index (χ4v) is 4.03. The highest BCUT2D eigenvalue weighted by atomic mass is 79.9. The van der Waals surface area contributed by atoms with Crippen molar-refractivity contribution in [3.8, 4) is 0 Å². The topological polar surface area (TPSA) is 0 Å². The van der Waals surface area contributed by atoms with Crippen LogP contribution in [0.25, 0.3) is 0 Å². The second-order valence-electron chi connectivity index (χ2n) is 4.13. The zero-order valence-electron chi connectivity index (χ0n) is 8.63. The Balaban J connectivity index is 1.96. The molecule has 1 aliphatic rings. The highest BCUT2D eigenvalue weighted by molar-refractivity contribution is 9.09. The maximum Gasteiger partial charge on any atom is 0.0177 e. The number of thiophene rings is 1. The van der Waals surface area contributed by atoms with E-state index in [-0.39, 0.29) is 0 Å². The van der Waals surface area contributed by atoms with Gasteiger partial charge < -0.3 is 0 Å². The predicted molar refractivity (Wildman–Crippen MR) is 67.5 cm³/mol. The van der Waals surface area contributed by atoms with Crippen LogP contribution in [0.4, 0.5) is 0 Å². The molecule has 1 aromatic rings. The van der Waals surface area contributed by atoms with Crippen molar-refractivity contribution in [2.24, 2.45) is 5.92 Å². The van der Waals surface area contributed by atoms with Gasteiger partial charge in [-0.2, -0.15) is 0 Å². The van der Waals surface area contributed by atoms with Gasteiger partial charge in [-0.25, -0.2) is 0 Å². The van der Waals surface area contributed by atoms with E-state index >= 15 is 0 Å². The maximum atomic E-state index is 3.79. The number of alkyl halides is 1. The molecule has 1 aromatic heterocycles. The number of hydrogen-bond donors (Lipinski definition) is 0. The zero-order chi connectivity index (χ0) is 9.97. The Morgan fingerprint density at radius 1 is 1.36 bits per heavy atom. The third-order valence-electron chi connectivity index (χ3n) is 3.10. The van der Waals surface area contributed by atoms with Gasteiger partial charge in [0.2, 0.25) is 0 Å². The average Bonchev–Trinajstić information content (AvgIpc) is 2.77. The molecule has 0 bridgehead atoms. The van der Waals surface area contributed by atoms with Crippen molar-refractivity contribution in [2.45, 2.75) is 43.9 Å². The summed E-state index contributed by atoms with van der Waals surface area (Å²) in [6.45, 7) is 2.23. The first-order chi connectivity index (χ1) is 6.79. The van der Waals surface area contributed by atoms with Gasteiger partial charge in [-0.05, 0) is 43.7 Å². The van der Waals surface area contributed by atoms with E-state index in [2.05, 4.69) is 35.0 Å². The molecule has 1 aliphatic carbocycles. The SMILES string of the molecule is CCc1ccc(CC2CCCC2Br)s1. The van der Waals surface area contributed by atoms with Crippen molar-refractivity contribution in [3.63, 3.8) is 0 Å². The monoisotopic (exact) mass is 272 g/mol. The Kier molecular flexibility index (Phi) is 3.67. The number of hydrogen-bond acceptors (Lipinski definition) is 1. The lowest BCUT2D eigenvalue weighted by atomic mass is 10.0. The van der Waals surface area contributed by atoms with E-state index in [9.17, 15) is 0 Å². The second-order valence-corrected chi connectivity index (χ2v) is 6.56. The lowest BCUT2D eigenvalue weighted by Crippen LogP contribution is -2.08. The summed E-state index contributed by atoms with van der Waals surface area (Å²) in [5.74, 6) is 0.887. The van der Waals surface area contributed by atoms with E-state index in [0.717, 1.165) is 10.7 Å². The minimum Gasteiger partial charge on any atom is -0.145 e. The van der Waals surface area contributed by atoms with Crippen LogP contribution < -0.4 is 0 Å². The third-order valence-corrected chi connectivity index (χ3v) is 5.55. The third kappa shape index (κ3) is 2.40. The van der Waals surface area contributed by atoms with Gasteiger partial charge in [-0.3, -0.25) is 0 Å². The van der Waals surface area contributed by atoms with Crippen LogP contribution in [0.5, 0.6) is 0 Å². The van der Waals surface area contributed by atoms with E-state index in [0.29, 0.717) is 0 Å². The molecule has 2 rings (SSSR count). The van der Waals surface area contributed by atoms with Gasteiger partial charge in [-0.1, -0.05) is 29.3 Å². The molecule has 0 nitrogen and oxygen atoms in total. The van der Waals surface area contributed by atoms with E-state index < -0.39 is 0 Å². The summed E-state index contributed by atoms with van der Waals surface area (Å²) in [7, 11) is 0. The van der Waals surface area contributed by atoms with E-state index in [4.69, 9.17) is 0 Å². The molecule has 0 N–H and O–H groups in total. The molecule has 78 valence electrons. The Morgan fingerprint density at radius 2 is 2.14 bits per heavy atom. The number of aryl methyl sites for hydroxylation is 1. The Morgan fingerprint density at radius 3 is 2.71 bits per heavy atom. The predicted octanol–water partition coefficient (Wildman–Crippen LogP) is 4.42. The van der Waals surface area contributed by atoms with Gasteiger partial charge in [-0.15, -0.1) is 11.3 Å². The van der Waals surface area contributed by atoms with Crippen molar-refractivity contribution in [1.82, 2.24) is 0 Å². The molecule has 2 unspecified atom stereocenters. The summed E-state index contributed by atoms with van der Waals surface area (Å²) in [5, 5.41) is 0. The first kappa shape index (κ1) is 10.7. The molecule has 2 heteroatoms. The molecule has 0 spiro atoms. The second kappa shape index (κ2) is 4.80. The fraction of sp³-hybridized carbons (Fsp3) is 0.667. The molecular formula is C12H17BrS. The molecule has 14 heavy (non-hydrogen) atoms. The lowest BCUT2D eigenvalue weighted by Gasteiger charge is -2.11. The summed E-state index contributed by atoms with van der Waals surface area (Å²) < 4.78 is 0. The average molecular weight is 273 g/mol. The van der Waals surface area contributed by atoms with Crippen molar-refractivity contribution in [3.05, 3.63) is 21.9 Å². The molecule has 0 aromatic carbocycles. The van der Waals surface area contributed by atoms with Crippen molar-refractivity contribution in [1.29, 1.82) is 0 Å². The molecule has 0 radical (unpaired) electrons. The Labute approximate surface area is 98.9 Å². The van der Waals surface area contributed by atoms with Crippen LogP contribution in [0.3, 0.4) is 0 Å². The highest BCUT2D eigenvalue weighted by Gasteiger charge is 2.25. The normalized spacial score (nSPS) is 27.0. The number of halogens is 1. The van der Waals surface area contributed by atoms with Gasteiger partial charge in [0.05, 0.1) is 0 Å². The van der Waals surface area contributed by atoms with Gasteiger partial charge in [0.1, 0.15) is 0 Å². The smallest absolute Gasteiger partial charge is 0.0177 e. The van der Waals surface area contributed by atoms with Crippen LogP contribution in [0, 0.1) is 5.92 Å². The van der Waals surface area contributed by atoms with Crippen LogP contribution >= 0.6 is 27.3 Å². The summed E-state index contributed by atoms with van der Waals surface area (Å²) >= 11 is 5.79. The first-order valence-corrected chi connectivity index (χ1v) is 7.24. The largest absolute Gasteiger partial charge is 0.145 e. The molecule has 0 amide bonds. The van der Waals surface area contributed by atoms with Crippen molar-refractivity contribution in [2.75, 3.05) is 0 Å². The summed E-state index contributed by atoms with van der Waals surface area (Å²) in [6, 6.07) is 4.61. The van der Waals surface area contributed by atoms with E-state index in [1.165, 1.54) is 37.0 Å². The molecule has 0 aliphatic heterocycles. The van der Waals surface area contributed by atoms with Crippen molar-refractivity contribution < 1.29 is 0 Å². The number of rotatable bonds is 3.